The van der Waals surface area contributed by atoms with Gasteiger partial charge in [-0.2, -0.15) is 0 Å². The van der Waals surface area contributed by atoms with E-state index in [0.29, 0.717) is 16.9 Å². The molecule has 2 rings (SSSR count). The van der Waals surface area contributed by atoms with Crippen LogP contribution in [0, 0.1) is 5.82 Å². The van der Waals surface area contributed by atoms with E-state index >= 15 is 0 Å². The van der Waals surface area contributed by atoms with Crippen molar-refractivity contribution in [3.8, 4) is 0 Å². The lowest BCUT2D eigenvalue weighted by Crippen LogP contribution is -2.12. The molecule has 0 atom stereocenters. The number of anilines is 2. The SMILES string of the molecule is NC(=S)c1ccncc1Nc1cccc(F)c1. The predicted octanol–water partition coefficient (Wildman–Crippen LogP) is 2.60. The maximum absolute atomic E-state index is 13.0. The van der Waals surface area contributed by atoms with Crippen LogP contribution in [0.2, 0.25) is 0 Å². The van der Waals surface area contributed by atoms with Crippen molar-refractivity contribution >= 4 is 28.6 Å². The largest absolute Gasteiger partial charge is 0.389 e. The number of aromatic nitrogens is 1. The summed E-state index contributed by atoms with van der Waals surface area (Å²) in [5.41, 5.74) is 7.55. The summed E-state index contributed by atoms with van der Waals surface area (Å²) in [4.78, 5) is 4.24. The smallest absolute Gasteiger partial charge is 0.125 e. The van der Waals surface area contributed by atoms with Gasteiger partial charge in [-0.25, -0.2) is 4.39 Å². The minimum Gasteiger partial charge on any atom is -0.389 e. The van der Waals surface area contributed by atoms with Gasteiger partial charge >= 0.3 is 0 Å². The van der Waals surface area contributed by atoms with E-state index in [1.54, 1.807) is 30.6 Å². The van der Waals surface area contributed by atoms with E-state index in [1.165, 1.54) is 12.1 Å². The predicted molar refractivity (Wildman–Crippen MR) is 69.8 cm³/mol. The van der Waals surface area contributed by atoms with E-state index in [1.807, 2.05) is 0 Å². The van der Waals surface area contributed by atoms with Gasteiger partial charge in [0.1, 0.15) is 10.8 Å². The molecular formula is C12H10FN3S. The van der Waals surface area contributed by atoms with Crippen LogP contribution in [-0.4, -0.2) is 9.97 Å². The topological polar surface area (TPSA) is 50.9 Å². The highest BCUT2D eigenvalue weighted by Gasteiger charge is 2.05. The molecule has 1 aromatic carbocycles. The number of rotatable bonds is 3. The van der Waals surface area contributed by atoms with Crippen molar-refractivity contribution in [2.24, 2.45) is 5.73 Å². The summed E-state index contributed by atoms with van der Waals surface area (Å²) < 4.78 is 13.0. The first-order valence-electron chi connectivity index (χ1n) is 4.93. The van der Waals surface area contributed by atoms with Gasteiger partial charge in [0.25, 0.3) is 0 Å². The van der Waals surface area contributed by atoms with Crippen LogP contribution in [0.1, 0.15) is 5.56 Å². The Morgan fingerprint density at radius 1 is 1.35 bits per heavy atom. The lowest BCUT2D eigenvalue weighted by molar-refractivity contribution is 0.628. The highest BCUT2D eigenvalue weighted by Crippen LogP contribution is 2.20. The summed E-state index contributed by atoms with van der Waals surface area (Å²) in [7, 11) is 0. The molecule has 17 heavy (non-hydrogen) atoms. The molecule has 86 valence electrons. The standard InChI is InChI=1S/C12H10FN3S/c13-8-2-1-3-9(6-8)16-11-7-15-5-4-10(11)12(14)17/h1-7,16H,(H2,14,17). The minimum absolute atomic E-state index is 0.270. The summed E-state index contributed by atoms with van der Waals surface area (Å²) in [6.45, 7) is 0. The van der Waals surface area contributed by atoms with Crippen LogP contribution in [0.3, 0.4) is 0 Å². The van der Waals surface area contributed by atoms with E-state index in [4.69, 9.17) is 18.0 Å². The Kier molecular flexibility index (Phi) is 3.30. The fourth-order valence-electron chi connectivity index (χ4n) is 1.43. The number of hydrogen-bond acceptors (Lipinski definition) is 3. The summed E-state index contributed by atoms with van der Waals surface area (Å²) in [6.07, 6.45) is 3.20. The first kappa shape index (κ1) is 11.5. The molecule has 0 amide bonds. The zero-order chi connectivity index (χ0) is 12.3. The van der Waals surface area contributed by atoms with E-state index in [-0.39, 0.29) is 10.8 Å². The van der Waals surface area contributed by atoms with Crippen LogP contribution in [0.4, 0.5) is 15.8 Å². The first-order chi connectivity index (χ1) is 8.16. The molecule has 0 bridgehead atoms. The second-order valence-corrected chi connectivity index (χ2v) is 3.86. The number of benzene rings is 1. The molecule has 0 aliphatic carbocycles. The van der Waals surface area contributed by atoms with Crippen molar-refractivity contribution < 1.29 is 4.39 Å². The molecule has 0 aliphatic heterocycles. The van der Waals surface area contributed by atoms with Gasteiger partial charge in [-0.1, -0.05) is 18.3 Å². The molecule has 0 saturated heterocycles. The molecule has 3 nitrogen and oxygen atoms in total. The number of halogens is 1. The van der Waals surface area contributed by atoms with Gasteiger partial charge in [0.05, 0.1) is 11.9 Å². The van der Waals surface area contributed by atoms with Crippen molar-refractivity contribution in [2.45, 2.75) is 0 Å². The van der Waals surface area contributed by atoms with Crippen molar-refractivity contribution in [1.82, 2.24) is 4.98 Å². The summed E-state index contributed by atoms with van der Waals surface area (Å²) >= 11 is 4.93. The zero-order valence-electron chi connectivity index (χ0n) is 8.85. The number of pyridine rings is 1. The van der Waals surface area contributed by atoms with Gasteiger partial charge in [0.15, 0.2) is 0 Å². The molecule has 0 saturated carbocycles. The Morgan fingerprint density at radius 3 is 2.88 bits per heavy atom. The van der Waals surface area contributed by atoms with Crippen molar-refractivity contribution in [3.63, 3.8) is 0 Å². The Bertz CT molecular complexity index is 557. The number of hydrogen-bond donors (Lipinski definition) is 2. The van der Waals surface area contributed by atoms with Crippen molar-refractivity contribution in [1.29, 1.82) is 0 Å². The Hall–Kier alpha value is -2.01. The number of nitrogens with zero attached hydrogens (tertiary/aromatic N) is 1. The molecule has 0 unspecified atom stereocenters. The molecule has 0 fully saturated rings. The Morgan fingerprint density at radius 2 is 2.18 bits per heavy atom. The lowest BCUT2D eigenvalue weighted by atomic mass is 10.2. The van der Waals surface area contributed by atoms with Gasteiger partial charge < -0.3 is 11.1 Å². The van der Waals surface area contributed by atoms with Crippen LogP contribution in [0.15, 0.2) is 42.7 Å². The van der Waals surface area contributed by atoms with Gasteiger partial charge in [0, 0.05) is 17.4 Å². The summed E-state index contributed by atoms with van der Waals surface area (Å²) in [5.74, 6) is -0.309. The van der Waals surface area contributed by atoms with E-state index in [9.17, 15) is 4.39 Å². The quantitative estimate of drug-likeness (QED) is 0.819. The molecular weight excluding hydrogens is 237 g/mol. The highest BCUT2D eigenvalue weighted by atomic mass is 32.1. The lowest BCUT2D eigenvalue weighted by Gasteiger charge is -2.10. The number of nitrogens with one attached hydrogen (secondary N) is 1. The van der Waals surface area contributed by atoms with E-state index in [0.717, 1.165) is 0 Å². The summed E-state index contributed by atoms with van der Waals surface area (Å²) in [6, 6.07) is 7.84. The summed E-state index contributed by atoms with van der Waals surface area (Å²) in [5, 5.41) is 3.02. The minimum atomic E-state index is -0.309. The van der Waals surface area contributed by atoms with Gasteiger partial charge in [-0.3, -0.25) is 4.98 Å². The second kappa shape index (κ2) is 4.88. The second-order valence-electron chi connectivity index (χ2n) is 3.42. The molecule has 1 heterocycles. The average molecular weight is 247 g/mol. The van der Waals surface area contributed by atoms with Crippen molar-refractivity contribution in [2.75, 3.05) is 5.32 Å². The van der Waals surface area contributed by atoms with Crippen LogP contribution >= 0.6 is 12.2 Å². The number of thiocarbonyl (C=S) groups is 1. The average Bonchev–Trinajstić information content (AvgIpc) is 2.29. The molecule has 0 radical (unpaired) electrons. The Labute approximate surface area is 103 Å². The van der Waals surface area contributed by atoms with Gasteiger partial charge in [-0.05, 0) is 24.3 Å². The van der Waals surface area contributed by atoms with Gasteiger partial charge in [0.2, 0.25) is 0 Å². The molecule has 5 heteroatoms. The number of nitrogens with two attached hydrogens (primary N) is 1. The maximum Gasteiger partial charge on any atom is 0.125 e. The Balaban J connectivity index is 2.33. The zero-order valence-corrected chi connectivity index (χ0v) is 9.67. The molecule has 3 N–H and O–H groups in total. The van der Waals surface area contributed by atoms with Gasteiger partial charge in [-0.15, -0.1) is 0 Å². The van der Waals surface area contributed by atoms with Crippen molar-refractivity contribution in [3.05, 3.63) is 54.1 Å². The monoisotopic (exact) mass is 247 g/mol. The molecule has 0 spiro atoms. The van der Waals surface area contributed by atoms with Crippen LogP contribution in [0.25, 0.3) is 0 Å². The maximum atomic E-state index is 13.0. The third-order valence-electron chi connectivity index (χ3n) is 2.19. The normalized spacial score (nSPS) is 9.94. The first-order valence-corrected chi connectivity index (χ1v) is 5.34. The van der Waals surface area contributed by atoms with Crippen LogP contribution in [0.5, 0.6) is 0 Å². The van der Waals surface area contributed by atoms with E-state index < -0.39 is 0 Å². The van der Waals surface area contributed by atoms with E-state index in [2.05, 4.69) is 10.3 Å². The third-order valence-corrected chi connectivity index (χ3v) is 2.41. The molecule has 0 aliphatic rings. The fraction of sp³-hybridized carbons (Fsp3) is 0. The third kappa shape index (κ3) is 2.76. The molecule has 2 aromatic rings. The van der Waals surface area contributed by atoms with Crippen LogP contribution in [-0.2, 0) is 0 Å². The highest BCUT2D eigenvalue weighted by molar-refractivity contribution is 7.80. The molecule has 1 aromatic heterocycles. The fourth-order valence-corrected chi connectivity index (χ4v) is 1.61. The van der Waals surface area contributed by atoms with Crippen LogP contribution < -0.4 is 11.1 Å².